The summed E-state index contributed by atoms with van der Waals surface area (Å²) in [6.07, 6.45) is 3.28. The van der Waals surface area contributed by atoms with Crippen molar-refractivity contribution in [1.29, 1.82) is 0 Å². The summed E-state index contributed by atoms with van der Waals surface area (Å²) in [7, 11) is -3.61. The van der Waals surface area contributed by atoms with E-state index in [-0.39, 0.29) is 4.90 Å². The monoisotopic (exact) mass is 718 g/mol. The molecule has 0 aliphatic rings. The maximum Gasteiger partial charge on any atom is 0.414 e. The Kier molecular flexibility index (Phi) is 15.2. The van der Waals surface area contributed by atoms with E-state index in [1.54, 1.807) is 30.6 Å². The van der Waals surface area contributed by atoms with Gasteiger partial charge in [-0.2, -0.15) is 0 Å². The van der Waals surface area contributed by atoms with Crippen LogP contribution in [-0.2, 0) is 35.7 Å². The van der Waals surface area contributed by atoms with Gasteiger partial charge in [0.2, 0.25) is 10.0 Å². The largest absolute Gasteiger partial charge is 0.473 e. The Morgan fingerprint density at radius 3 is 1.93 bits per heavy atom. The van der Waals surface area contributed by atoms with E-state index >= 15 is 0 Å². The van der Waals surface area contributed by atoms with Gasteiger partial charge in [0.15, 0.2) is 0 Å². The summed E-state index contributed by atoms with van der Waals surface area (Å²) < 4.78 is 29.4. The molecule has 1 aromatic heterocycles. The Bertz CT molecular complexity index is 1670. The van der Waals surface area contributed by atoms with E-state index in [9.17, 15) is 8.42 Å². The molecule has 16 heteroatoms. The maximum absolute atomic E-state index is 12.8. The van der Waals surface area contributed by atoms with Crippen molar-refractivity contribution in [2.24, 2.45) is 0 Å². The number of anilines is 1. The molecule has 0 spiro atoms. The summed E-state index contributed by atoms with van der Waals surface area (Å²) in [6.45, 7) is 3.16. The van der Waals surface area contributed by atoms with Crippen molar-refractivity contribution in [2.45, 2.75) is 11.4 Å². The molecule has 46 heavy (non-hydrogen) atoms. The van der Waals surface area contributed by atoms with E-state index in [1.807, 2.05) is 36.4 Å². The molecule has 0 aliphatic carbocycles. The van der Waals surface area contributed by atoms with Crippen LogP contribution in [0.15, 0.2) is 101 Å². The molecule has 244 valence electrons. The lowest BCUT2D eigenvalue weighted by Crippen LogP contribution is -2.36. The van der Waals surface area contributed by atoms with Crippen LogP contribution in [0.5, 0.6) is 0 Å². The number of nitrogens with zero attached hydrogens (tertiary/aromatic N) is 2. The van der Waals surface area contributed by atoms with E-state index < -0.39 is 33.9 Å². The number of halogens is 1. The molecule has 0 saturated carbocycles. The maximum atomic E-state index is 12.8. The van der Waals surface area contributed by atoms with Crippen molar-refractivity contribution in [3.05, 3.63) is 101 Å². The molecule has 0 fully saturated rings. The molecular formula is C30H31BrN4O10S. The lowest BCUT2D eigenvalue weighted by molar-refractivity contribution is -0.159. The van der Waals surface area contributed by atoms with Crippen LogP contribution in [0.4, 0.5) is 5.69 Å². The molecule has 6 N–H and O–H groups in total. The van der Waals surface area contributed by atoms with Gasteiger partial charge >= 0.3 is 23.9 Å². The number of rotatable bonds is 11. The standard InChI is InChI=1S/C26H27BrN4O2S.2C2H2O4/c27-23-9-11-24(12-10-23)31(20-21-5-2-1-3-6-21)18-17-28-15-16-30-34(32,33)26-8-4-7-22-19-29-14-13-25(22)26;2*3-1(4)2(5)6/h1-14,19,28,30H,15-18,20H2;2*(H,3,4)(H,5,6). The van der Waals surface area contributed by atoms with Gasteiger partial charge in [-0.1, -0.05) is 58.4 Å². The predicted molar refractivity (Wildman–Crippen MR) is 172 cm³/mol. The fourth-order valence-electron chi connectivity index (χ4n) is 3.77. The highest BCUT2D eigenvalue weighted by atomic mass is 79.9. The number of carbonyl (C=O) groups is 4. The predicted octanol–water partition coefficient (Wildman–Crippen LogP) is 2.88. The smallest absolute Gasteiger partial charge is 0.414 e. The molecule has 4 rings (SSSR count). The number of fused-ring (bicyclic) bond motifs is 1. The Balaban J connectivity index is 0.000000522. The number of carboxylic acids is 4. The van der Waals surface area contributed by atoms with Crippen molar-refractivity contribution in [1.82, 2.24) is 15.0 Å². The van der Waals surface area contributed by atoms with E-state index in [0.717, 1.165) is 35.2 Å². The average Bonchev–Trinajstić information content (AvgIpc) is 3.03. The number of aliphatic carboxylic acids is 4. The van der Waals surface area contributed by atoms with Gasteiger partial charge in [-0.05, 0) is 42.0 Å². The highest BCUT2D eigenvalue weighted by Crippen LogP contribution is 2.22. The summed E-state index contributed by atoms with van der Waals surface area (Å²) in [4.78, 5) is 43.0. The van der Waals surface area contributed by atoms with Gasteiger partial charge in [-0.25, -0.2) is 32.3 Å². The van der Waals surface area contributed by atoms with Crippen molar-refractivity contribution >= 4 is 66.3 Å². The zero-order valence-electron chi connectivity index (χ0n) is 24.1. The van der Waals surface area contributed by atoms with Crippen LogP contribution >= 0.6 is 15.9 Å². The second-order valence-corrected chi connectivity index (χ2v) is 11.8. The lowest BCUT2D eigenvalue weighted by atomic mass is 10.2. The zero-order valence-corrected chi connectivity index (χ0v) is 26.5. The first-order chi connectivity index (χ1) is 21.8. The number of aromatic nitrogens is 1. The molecule has 14 nitrogen and oxygen atoms in total. The van der Waals surface area contributed by atoms with Gasteiger partial charge in [-0.15, -0.1) is 0 Å². The van der Waals surface area contributed by atoms with Crippen LogP contribution in [0.1, 0.15) is 5.56 Å². The molecule has 0 amide bonds. The first kappa shape index (κ1) is 37.3. The molecular weight excluding hydrogens is 688 g/mol. The van der Waals surface area contributed by atoms with Crippen LogP contribution in [0.25, 0.3) is 10.8 Å². The van der Waals surface area contributed by atoms with Crippen molar-refractivity contribution in [2.75, 3.05) is 31.1 Å². The fourth-order valence-corrected chi connectivity index (χ4v) is 5.30. The molecule has 0 radical (unpaired) electrons. The van der Waals surface area contributed by atoms with E-state index in [1.165, 1.54) is 5.56 Å². The summed E-state index contributed by atoms with van der Waals surface area (Å²) in [5.74, 6) is -7.30. The topological polar surface area (TPSA) is 224 Å². The van der Waals surface area contributed by atoms with E-state index in [2.05, 4.69) is 60.1 Å². The SMILES string of the molecule is O=C(O)C(=O)O.O=C(O)C(=O)O.O=S(=O)(NCCNCCN(Cc1ccccc1)c1ccc(Br)cc1)c1cccc2cnccc12. The Morgan fingerprint density at radius 2 is 1.35 bits per heavy atom. The molecule has 0 unspecified atom stereocenters. The van der Waals surface area contributed by atoms with Crippen LogP contribution in [0.2, 0.25) is 0 Å². The molecule has 0 bridgehead atoms. The number of pyridine rings is 1. The minimum Gasteiger partial charge on any atom is -0.473 e. The average molecular weight is 720 g/mol. The number of nitrogens with one attached hydrogen (secondary N) is 2. The lowest BCUT2D eigenvalue weighted by Gasteiger charge is -2.25. The number of benzene rings is 3. The molecule has 0 atom stereocenters. The highest BCUT2D eigenvalue weighted by molar-refractivity contribution is 9.10. The zero-order chi connectivity index (χ0) is 34.1. The summed E-state index contributed by atoms with van der Waals surface area (Å²) in [5.41, 5.74) is 2.38. The van der Waals surface area contributed by atoms with Gasteiger partial charge in [0, 0.05) is 66.1 Å². The molecule has 4 aromatic rings. The molecule has 0 saturated heterocycles. The number of hydrogen-bond acceptors (Lipinski definition) is 9. The van der Waals surface area contributed by atoms with Crippen molar-refractivity contribution in [3.63, 3.8) is 0 Å². The third-order valence-corrected chi connectivity index (χ3v) is 7.90. The van der Waals surface area contributed by atoms with Crippen LogP contribution < -0.4 is 14.9 Å². The summed E-state index contributed by atoms with van der Waals surface area (Å²) in [6, 6.07) is 25.6. The quantitative estimate of drug-likeness (QED) is 0.0971. The summed E-state index contributed by atoms with van der Waals surface area (Å²) >= 11 is 3.50. The second-order valence-electron chi connectivity index (χ2n) is 9.10. The summed E-state index contributed by atoms with van der Waals surface area (Å²) in [5, 5.41) is 34.4. The first-order valence-electron chi connectivity index (χ1n) is 13.3. The van der Waals surface area contributed by atoms with Gasteiger partial charge in [0.25, 0.3) is 0 Å². The van der Waals surface area contributed by atoms with Crippen LogP contribution in [-0.4, -0.2) is 83.9 Å². The fraction of sp³-hybridized carbons (Fsp3) is 0.167. The van der Waals surface area contributed by atoms with Crippen molar-refractivity contribution in [3.8, 4) is 0 Å². The third-order valence-electron chi connectivity index (χ3n) is 5.86. The van der Waals surface area contributed by atoms with E-state index in [4.69, 9.17) is 39.6 Å². The van der Waals surface area contributed by atoms with Crippen molar-refractivity contribution < 1.29 is 48.0 Å². The highest BCUT2D eigenvalue weighted by Gasteiger charge is 2.16. The number of sulfonamides is 1. The number of hydrogen-bond donors (Lipinski definition) is 6. The van der Waals surface area contributed by atoms with Gasteiger partial charge in [0.1, 0.15) is 0 Å². The van der Waals surface area contributed by atoms with Gasteiger partial charge < -0.3 is 30.6 Å². The van der Waals surface area contributed by atoms with Crippen LogP contribution in [0, 0.1) is 0 Å². The van der Waals surface area contributed by atoms with Gasteiger partial charge in [-0.3, -0.25) is 4.98 Å². The molecule has 3 aromatic carbocycles. The van der Waals surface area contributed by atoms with Gasteiger partial charge in [0.05, 0.1) is 4.90 Å². The minimum absolute atomic E-state index is 0.275. The van der Waals surface area contributed by atoms with Crippen LogP contribution in [0.3, 0.4) is 0 Å². The Labute approximate surface area is 272 Å². The number of carboxylic acid groups (broad SMARTS) is 4. The Hall–Kier alpha value is -4.90. The first-order valence-corrected chi connectivity index (χ1v) is 15.6. The molecule has 1 heterocycles. The van der Waals surface area contributed by atoms with E-state index in [0.29, 0.717) is 18.5 Å². The molecule has 0 aliphatic heterocycles. The Morgan fingerprint density at radius 1 is 0.739 bits per heavy atom. The second kappa shape index (κ2) is 18.8. The normalized spacial score (nSPS) is 10.5. The third kappa shape index (κ3) is 13.0. The minimum atomic E-state index is -3.61.